The summed E-state index contributed by atoms with van der Waals surface area (Å²) < 4.78 is 0. The molecule has 1 amide bonds. The van der Waals surface area contributed by atoms with Gasteiger partial charge in [0.15, 0.2) is 0 Å². The molecule has 2 N–H and O–H groups in total. The lowest BCUT2D eigenvalue weighted by Gasteiger charge is -2.21. The molecule has 6 nitrogen and oxygen atoms in total. The van der Waals surface area contributed by atoms with Gasteiger partial charge in [0, 0.05) is 26.2 Å². The Hall–Kier alpha value is -1.85. The molecule has 1 aromatic rings. The van der Waals surface area contributed by atoms with E-state index in [4.69, 9.17) is 0 Å². The van der Waals surface area contributed by atoms with Crippen LogP contribution in [-0.4, -0.2) is 43.1 Å². The SMILES string of the molecule is CCCNC(=O)CN(C)c1nc(C)nc(NC)c1C. The molecule has 0 fully saturated rings. The van der Waals surface area contributed by atoms with E-state index in [9.17, 15) is 4.79 Å². The molecule has 1 aromatic heterocycles. The summed E-state index contributed by atoms with van der Waals surface area (Å²) >= 11 is 0. The smallest absolute Gasteiger partial charge is 0.239 e. The highest BCUT2D eigenvalue weighted by Crippen LogP contribution is 2.21. The third kappa shape index (κ3) is 4.08. The number of aryl methyl sites for hydroxylation is 1. The minimum atomic E-state index is 0.00558. The van der Waals surface area contributed by atoms with E-state index in [2.05, 4.69) is 20.6 Å². The predicted molar refractivity (Wildman–Crippen MR) is 77.6 cm³/mol. The van der Waals surface area contributed by atoms with E-state index in [1.165, 1.54) is 0 Å². The first-order valence-corrected chi connectivity index (χ1v) is 6.50. The Balaban J connectivity index is 2.84. The van der Waals surface area contributed by atoms with Gasteiger partial charge in [-0.2, -0.15) is 0 Å². The van der Waals surface area contributed by atoms with Crippen molar-refractivity contribution in [3.05, 3.63) is 11.4 Å². The van der Waals surface area contributed by atoms with Crippen molar-refractivity contribution < 1.29 is 4.79 Å². The molecule has 106 valence electrons. The van der Waals surface area contributed by atoms with Gasteiger partial charge in [-0.05, 0) is 20.3 Å². The topological polar surface area (TPSA) is 70.2 Å². The number of likely N-dealkylation sites (N-methyl/N-ethyl adjacent to an activating group) is 1. The largest absolute Gasteiger partial charge is 0.373 e. The van der Waals surface area contributed by atoms with E-state index >= 15 is 0 Å². The van der Waals surface area contributed by atoms with E-state index in [0.717, 1.165) is 23.6 Å². The van der Waals surface area contributed by atoms with Crippen molar-refractivity contribution in [2.24, 2.45) is 0 Å². The summed E-state index contributed by atoms with van der Waals surface area (Å²) in [7, 11) is 3.69. The van der Waals surface area contributed by atoms with E-state index in [1.54, 1.807) is 0 Å². The number of amides is 1. The van der Waals surface area contributed by atoms with Crippen molar-refractivity contribution >= 4 is 17.5 Å². The van der Waals surface area contributed by atoms with Crippen LogP contribution in [0.4, 0.5) is 11.6 Å². The van der Waals surface area contributed by atoms with Crippen LogP contribution >= 0.6 is 0 Å². The quantitative estimate of drug-likeness (QED) is 0.806. The molecular formula is C13H23N5O. The average molecular weight is 265 g/mol. The fourth-order valence-electron chi connectivity index (χ4n) is 1.84. The second kappa shape index (κ2) is 6.92. The minimum Gasteiger partial charge on any atom is -0.373 e. The molecule has 1 rings (SSSR count). The van der Waals surface area contributed by atoms with Crippen molar-refractivity contribution in [1.29, 1.82) is 0 Å². The number of nitrogens with zero attached hydrogens (tertiary/aromatic N) is 3. The van der Waals surface area contributed by atoms with Crippen LogP contribution in [0.2, 0.25) is 0 Å². The van der Waals surface area contributed by atoms with Crippen molar-refractivity contribution in [2.75, 3.05) is 37.4 Å². The Labute approximate surface area is 114 Å². The summed E-state index contributed by atoms with van der Waals surface area (Å²) in [6.45, 7) is 6.81. The molecule has 0 aliphatic rings. The van der Waals surface area contributed by atoms with Gasteiger partial charge in [0.25, 0.3) is 0 Å². The van der Waals surface area contributed by atoms with Gasteiger partial charge < -0.3 is 15.5 Å². The third-order valence-corrected chi connectivity index (χ3v) is 2.78. The first-order chi connectivity index (χ1) is 8.99. The highest BCUT2D eigenvalue weighted by Gasteiger charge is 2.14. The van der Waals surface area contributed by atoms with Crippen LogP contribution < -0.4 is 15.5 Å². The highest BCUT2D eigenvalue weighted by molar-refractivity contribution is 5.81. The van der Waals surface area contributed by atoms with Gasteiger partial charge in [-0.3, -0.25) is 4.79 Å². The molecule has 0 aromatic carbocycles. The monoisotopic (exact) mass is 265 g/mol. The summed E-state index contributed by atoms with van der Waals surface area (Å²) in [5.74, 6) is 2.27. The summed E-state index contributed by atoms with van der Waals surface area (Å²) in [6, 6.07) is 0. The third-order valence-electron chi connectivity index (χ3n) is 2.78. The van der Waals surface area contributed by atoms with Gasteiger partial charge in [-0.15, -0.1) is 0 Å². The second-order valence-electron chi connectivity index (χ2n) is 4.52. The predicted octanol–water partition coefficient (Wildman–Crippen LogP) is 1.10. The van der Waals surface area contributed by atoms with Gasteiger partial charge >= 0.3 is 0 Å². The fourth-order valence-corrected chi connectivity index (χ4v) is 1.84. The molecule has 0 aliphatic heterocycles. The lowest BCUT2D eigenvalue weighted by Crippen LogP contribution is -2.36. The molecule has 1 heterocycles. The number of carbonyl (C=O) groups is 1. The Bertz CT molecular complexity index is 447. The van der Waals surface area contributed by atoms with Gasteiger partial charge in [0.2, 0.25) is 5.91 Å². The van der Waals surface area contributed by atoms with Crippen molar-refractivity contribution in [2.45, 2.75) is 27.2 Å². The summed E-state index contributed by atoms with van der Waals surface area (Å²) in [5.41, 5.74) is 0.943. The highest BCUT2D eigenvalue weighted by atomic mass is 16.2. The van der Waals surface area contributed by atoms with Crippen LogP contribution in [0.3, 0.4) is 0 Å². The van der Waals surface area contributed by atoms with Crippen molar-refractivity contribution in [3.63, 3.8) is 0 Å². The van der Waals surface area contributed by atoms with E-state index < -0.39 is 0 Å². The molecular weight excluding hydrogens is 242 g/mol. The number of anilines is 2. The van der Waals surface area contributed by atoms with Crippen LogP contribution in [0.1, 0.15) is 24.7 Å². The average Bonchev–Trinajstić information content (AvgIpc) is 2.38. The standard InChI is InChI=1S/C13H23N5O/c1-6-7-15-11(19)8-18(5)13-9(2)12(14-4)16-10(3)17-13/h6-8H2,1-5H3,(H,15,19)(H,14,16,17). The second-order valence-corrected chi connectivity index (χ2v) is 4.52. The molecule has 0 unspecified atom stereocenters. The number of carbonyl (C=O) groups excluding carboxylic acids is 1. The Morgan fingerprint density at radius 3 is 2.58 bits per heavy atom. The zero-order valence-corrected chi connectivity index (χ0v) is 12.4. The number of nitrogens with one attached hydrogen (secondary N) is 2. The summed E-state index contributed by atoms with van der Waals surface area (Å²) in [4.78, 5) is 22.3. The van der Waals surface area contributed by atoms with Crippen LogP contribution in [0.25, 0.3) is 0 Å². The van der Waals surface area contributed by atoms with Gasteiger partial charge in [-0.25, -0.2) is 9.97 Å². The molecule has 0 radical (unpaired) electrons. The lowest BCUT2D eigenvalue weighted by molar-refractivity contribution is -0.119. The first kappa shape index (κ1) is 15.2. The fraction of sp³-hybridized carbons (Fsp3) is 0.615. The van der Waals surface area contributed by atoms with Crippen LogP contribution in [0.15, 0.2) is 0 Å². The molecule has 0 aliphatic carbocycles. The van der Waals surface area contributed by atoms with Crippen LogP contribution in [0, 0.1) is 13.8 Å². The first-order valence-electron chi connectivity index (χ1n) is 6.50. The Morgan fingerprint density at radius 1 is 1.32 bits per heavy atom. The molecule has 0 bridgehead atoms. The maximum absolute atomic E-state index is 11.7. The van der Waals surface area contributed by atoms with Crippen molar-refractivity contribution in [1.82, 2.24) is 15.3 Å². The summed E-state index contributed by atoms with van der Waals surface area (Å²) in [5, 5.41) is 5.90. The number of rotatable bonds is 6. The molecule has 0 saturated heterocycles. The van der Waals surface area contributed by atoms with Crippen LogP contribution in [-0.2, 0) is 4.79 Å². The summed E-state index contributed by atoms with van der Waals surface area (Å²) in [6.07, 6.45) is 0.936. The number of aromatic nitrogens is 2. The van der Waals surface area contributed by atoms with Gasteiger partial charge in [0.05, 0.1) is 6.54 Å². The van der Waals surface area contributed by atoms with Gasteiger partial charge in [-0.1, -0.05) is 6.92 Å². The molecule has 0 atom stereocenters. The normalized spacial score (nSPS) is 10.2. The van der Waals surface area contributed by atoms with E-state index in [0.29, 0.717) is 18.9 Å². The lowest BCUT2D eigenvalue weighted by atomic mass is 10.3. The van der Waals surface area contributed by atoms with E-state index in [1.807, 2.05) is 39.8 Å². The number of hydrogen-bond donors (Lipinski definition) is 2. The zero-order valence-electron chi connectivity index (χ0n) is 12.4. The zero-order chi connectivity index (χ0) is 14.4. The molecule has 0 spiro atoms. The Kier molecular flexibility index (Phi) is 5.54. The number of hydrogen-bond acceptors (Lipinski definition) is 5. The maximum atomic E-state index is 11.7. The molecule has 19 heavy (non-hydrogen) atoms. The molecule has 0 saturated carbocycles. The van der Waals surface area contributed by atoms with Gasteiger partial charge in [0.1, 0.15) is 17.5 Å². The van der Waals surface area contributed by atoms with Crippen molar-refractivity contribution in [3.8, 4) is 0 Å². The molecule has 6 heteroatoms. The maximum Gasteiger partial charge on any atom is 0.239 e. The van der Waals surface area contributed by atoms with Crippen LogP contribution in [0.5, 0.6) is 0 Å². The minimum absolute atomic E-state index is 0.00558. The Morgan fingerprint density at radius 2 is 2.00 bits per heavy atom. The van der Waals surface area contributed by atoms with E-state index in [-0.39, 0.29) is 5.91 Å².